The maximum absolute atomic E-state index is 13.5. The summed E-state index contributed by atoms with van der Waals surface area (Å²) < 4.78 is 6.58. The molecule has 3 heterocycles. The summed E-state index contributed by atoms with van der Waals surface area (Å²) in [6, 6.07) is 6.53. The summed E-state index contributed by atoms with van der Waals surface area (Å²) in [4.78, 5) is 48.8. The van der Waals surface area contributed by atoms with Gasteiger partial charge in [0.1, 0.15) is 35.0 Å². The number of nitrogens with one attached hydrogen (secondary N) is 1. The minimum Gasteiger partial charge on any atom is -0.486 e. The molecule has 3 aliphatic rings. The van der Waals surface area contributed by atoms with E-state index in [1.807, 2.05) is 0 Å². The van der Waals surface area contributed by atoms with E-state index in [9.17, 15) is 14.4 Å². The lowest BCUT2D eigenvalue weighted by atomic mass is 10.1. The normalized spacial score (nSPS) is 24.7. The maximum atomic E-state index is 13.5. The monoisotopic (exact) mass is 556 g/mol. The number of nitrogens with zero attached hydrogens (tertiary/aromatic N) is 5. The molecule has 4 atom stereocenters. The first kappa shape index (κ1) is 25.1. The van der Waals surface area contributed by atoms with E-state index in [0.717, 1.165) is 6.42 Å². The van der Waals surface area contributed by atoms with Gasteiger partial charge in [0.2, 0.25) is 11.8 Å². The van der Waals surface area contributed by atoms with Gasteiger partial charge >= 0.3 is 0 Å². The fourth-order valence-electron chi connectivity index (χ4n) is 5.27. The molecule has 3 fully saturated rings. The van der Waals surface area contributed by atoms with Gasteiger partial charge in [-0.3, -0.25) is 19.1 Å². The number of benzene rings is 1. The van der Waals surface area contributed by atoms with Crippen molar-refractivity contribution in [1.29, 1.82) is 0 Å². The predicted octanol–water partition coefficient (Wildman–Crippen LogP) is 2.91. The van der Waals surface area contributed by atoms with Crippen LogP contribution >= 0.6 is 23.2 Å². The van der Waals surface area contributed by atoms with Crippen LogP contribution in [0, 0.1) is 11.8 Å². The van der Waals surface area contributed by atoms with Gasteiger partial charge < -0.3 is 15.0 Å². The quantitative estimate of drug-likeness (QED) is 0.318. The van der Waals surface area contributed by atoms with Crippen LogP contribution in [0.5, 0.6) is 5.75 Å². The van der Waals surface area contributed by atoms with Gasteiger partial charge in [0.25, 0.3) is 0 Å². The average Bonchev–Trinajstić information content (AvgIpc) is 3.69. The van der Waals surface area contributed by atoms with Crippen molar-refractivity contribution in [1.82, 2.24) is 30.0 Å². The van der Waals surface area contributed by atoms with E-state index in [1.54, 1.807) is 41.6 Å². The first-order chi connectivity index (χ1) is 18.2. The van der Waals surface area contributed by atoms with Gasteiger partial charge in [0, 0.05) is 43.2 Å². The van der Waals surface area contributed by atoms with E-state index in [-0.39, 0.29) is 48.4 Å². The van der Waals surface area contributed by atoms with E-state index in [2.05, 4.69) is 20.4 Å². The number of aromatic nitrogens is 4. The first-order valence-corrected chi connectivity index (χ1v) is 13.3. The Morgan fingerprint density at radius 1 is 1.18 bits per heavy atom. The number of Topliss-reactive ketones (excluding diaryl/α,β-unsaturated/α-hetero) is 1. The number of rotatable bonds is 9. The molecule has 6 rings (SSSR count). The standard InChI is InChI=1S/C26H26Cl2N6O4/c1-14(35)24-18-9-17(38-13-22-29-5-2-6-30-22)3-4-19(18)33(32-24)12-23(36)34-20-7-15(20)8-21(34)25(37)31-11-16-10-26(16,27)28/h2-6,9,15-16,20-21H,7-8,10-13H2,1H3,(H,31,37)/t15-,16+,20-,21+/m1/s1. The molecule has 0 bridgehead atoms. The number of ketones is 1. The molecule has 1 aliphatic heterocycles. The summed E-state index contributed by atoms with van der Waals surface area (Å²) in [5.74, 6) is 0.831. The molecule has 2 saturated carbocycles. The number of ether oxygens (including phenoxy) is 1. The maximum Gasteiger partial charge on any atom is 0.245 e. The van der Waals surface area contributed by atoms with E-state index in [1.165, 1.54) is 11.6 Å². The molecule has 2 aliphatic carbocycles. The fraction of sp³-hybridized carbons (Fsp3) is 0.462. The van der Waals surface area contributed by atoms with Crippen molar-refractivity contribution in [2.75, 3.05) is 6.54 Å². The lowest BCUT2D eigenvalue weighted by Crippen LogP contribution is -2.49. The van der Waals surface area contributed by atoms with Crippen molar-refractivity contribution in [3.8, 4) is 5.75 Å². The third-order valence-corrected chi connectivity index (χ3v) is 8.43. The molecular formula is C26H26Cl2N6O4. The lowest BCUT2D eigenvalue weighted by molar-refractivity contribution is -0.140. The smallest absolute Gasteiger partial charge is 0.245 e. The summed E-state index contributed by atoms with van der Waals surface area (Å²) in [6.45, 7) is 1.92. The van der Waals surface area contributed by atoms with E-state index in [4.69, 9.17) is 27.9 Å². The fourth-order valence-corrected chi connectivity index (χ4v) is 5.80. The van der Waals surface area contributed by atoms with Crippen LogP contribution in [-0.4, -0.2) is 65.2 Å². The van der Waals surface area contributed by atoms with Crippen molar-refractivity contribution in [3.63, 3.8) is 0 Å². The zero-order chi connectivity index (χ0) is 26.6. The molecule has 0 spiro atoms. The van der Waals surface area contributed by atoms with Crippen LogP contribution in [0.15, 0.2) is 36.7 Å². The number of likely N-dealkylation sites (tertiary alicyclic amines) is 1. The van der Waals surface area contributed by atoms with E-state index in [0.29, 0.717) is 47.8 Å². The second-order valence-electron chi connectivity index (χ2n) is 10.2. The van der Waals surface area contributed by atoms with Crippen molar-refractivity contribution < 1.29 is 19.1 Å². The second-order valence-corrected chi connectivity index (χ2v) is 11.8. The Bertz CT molecular complexity index is 1430. The zero-order valence-corrected chi connectivity index (χ0v) is 22.2. The summed E-state index contributed by atoms with van der Waals surface area (Å²) in [6.07, 6.45) is 5.46. The van der Waals surface area contributed by atoms with Gasteiger partial charge in [-0.25, -0.2) is 9.97 Å². The van der Waals surface area contributed by atoms with Crippen LogP contribution in [0.1, 0.15) is 42.5 Å². The van der Waals surface area contributed by atoms with E-state index >= 15 is 0 Å². The highest BCUT2D eigenvalue weighted by Crippen LogP contribution is 2.53. The van der Waals surface area contributed by atoms with Crippen molar-refractivity contribution in [2.45, 2.75) is 55.8 Å². The Hall–Kier alpha value is -3.24. The molecule has 38 heavy (non-hydrogen) atoms. The Kier molecular flexibility index (Phi) is 6.26. The highest BCUT2D eigenvalue weighted by molar-refractivity contribution is 6.50. The van der Waals surface area contributed by atoms with Crippen molar-refractivity contribution in [2.24, 2.45) is 11.8 Å². The first-order valence-electron chi connectivity index (χ1n) is 12.6. The number of hydrogen-bond acceptors (Lipinski definition) is 7. The molecule has 0 unspecified atom stereocenters. The largest absolute Gasteiger partial charge is 0.486 e. The Labute approximate surface area is 228 Å². The molecular weight excluding hydrogens is 531 g/mol. The van der Waals surface area contributed by atoms with Gasteiger partial charge in [-0.2, -0.15) is 5.10 Å². The van der Waals surface area contributed by atoms with Crippen LogP contribution in [-0.2, 0) is 22.7 Å². The van der Waals surface area contributed by atoms with Gasteiger partial charge in [-0.05, 0) is 49.4 Å². The third kappa shape index (κ3) is 4.82. The Morgan fingerprint density at radius 2 is 1.95 bits per heavy atom. The predicted molar refractivity (Wildman–Crippen MR) is 139 cm³/mol. The Morgan fingerprint density at radius 3 is 2.66 bits per heavy atom. The summed E-state index contributed by atoms with van der Waals surface area (Å²) in [7, 11) is 0. The van der Waals surface area contributed by atoms with Gasteiger partial charge in [0.05, 0.1) is 5.52 Å². The molecule has 0 radical (unpaired) electrons. The molecule has 1 N–H and O–H groups in total. The number of piperidine rings is 1. The summed E-state index contributed by atoms with van der Waals surface area (Å²) >= 11 is 12.2. The molecule has 10 nitrogen and oxygen atoms in total. The second kappa shape index (κ2) is 9.50. The molecule has 3 aromatic rings. The molecule has 2 amide bonds. The zero-order valence-electron chi connectivity index (χ0n) is 20.6. The lowest BCUT2D eigenvalue weighted by Gasteiger charge is -2.27. The number of halogens is 2. The van der Waals surface area contributed by atoms with Crippen LogP contribution in [0.2, 0.25) is 0 Å². The summed E-state index contributed by atoms with van der Waals surface area (Å²) in [5, 5.41) is 7.97. The minimum absolute atomic E-state index is 0.0319. The minimum atomic E-state index is -0.767. The average molecular weight is 557 g/mol. The number of carbonyl (C=O) groups is 3. The van der Waals surface area contributed by atoms with Gasteiger partial charge in [-0.1, -0.05) is 0 Å². The molecule has 1 aromatic carbocycles. The highest BCUT2D eigenvalue weighted by Gasteiger charge is 2.56. The number of hydrogen-bond donors (Lipinski definition) is 1. The third-order valence-electron chi connectivity index (χ3n) is 7.50. The topological polar surface area (TPSA) is 119 Å². The molecule has 1 saturated heterocycles. The Balaban J connectivity index is 1.18. The molecule has 198 valence electrons. The van der Waals surface area contributed by atoms with Crippen molar-refractivity contribution >= 4 is 51.7 Å². The number of fused-ring (bicyclic) bond motifs is 2. The van der Waals surface area contributed by atoms with Crippen LogP contribution in [0.4, 0.5) is 0 Å². The van der Waals surface area contributed by atoms with Crippen LogP contribution in [0.25, 0.3) is 10.9 Å². The highest BCUT2D eigenvalue weighted by atomic mass is 35.5. The van der Waals surface area contributed by atoms with Crippen LogP contribution < -0.4 is 10.1 Å². The number of amides is 2. The van der Waals surface area contributed by atoms with Gasteiger partial charge in [0.15, 0.2) is 11.6 Å². The van der Waals surface area contributed by atoms with Crippen molar-refractivity contribution in [3.05, 3.63) is 48.2 Å². The SMILES string of the molecule is CC(=O)c1nn(CC(=O)N2[C@@H]3C[C@@H]3C[C@H]2C(=O)NC[C@@H]2CC2(Cl)Cl)c2ccc(OCc3ncccn3)cc12. The van der Waals surface area contributed by atoms with Crippen LogP contribution in [0.3, 0.4) is 0 Å². The molecule has 2 aromatic heterocycles. The van der Waals surface area contributed by atoms with E-state index < -0.39 is 10.4 Å². The van der Waals surface area contributed by atoms with Gasteiger partial charge in [-0.15, -0.1) is 23.2 Å². The number of carbonyl (C=O) groups excluding carboxylic acids is 3. The summed E-state index contributed by atoms with van der Waals surface area (Å²) in [5.41, 5.74) is 0.887. The molecule has 12 heteroatoms. The number of alkyl halides is 2.